The Balaban J connectivity index is 2.06. The van der Waals surface area contributed by atoms with Gasteiger partial charge >= 0.3 is 0 Å². The molecule has 116 valence electrons. The highest BCUT2D eigenvalue weighted by molar-refractivity contribution is 8.01. The Morgan fingerprint density at radius 3 is 2.52 bits per heavy atom. The summed E-state index contributed by atoms with van der Waals surface area (Å²) in [6.45, 7) is 7.43. The third kappa shape index (κ3) is 5.00. The van der Waals surface area contributed by atoms with Gasteiger partial charge in [0.05, 0.1) is 29.7 Å². The van der Waals surface area contributed by atoms with Crippen LogP contribution in [0.2, 0.25) is 5.02 Å². The summed E-state index contributed by atoms with van der Waals surface area (Å²) >= 11 is 7.78. The van der Waals surface area contributed by atoms with Crippen LogP contribution in [0.3, 0.4) is 0 Å². The lowest BCUT2D eigenvalue weighted by atomic mass is 10.2. The van der Waals surface area contributed by atoms with Gasteiger partial charge in [0.2, 0.25) is 5.91 Å². The number of ether oxygens (including phenoxy) is 2. The molecule has 1 aliphatic heterocycles. The van der Waals surface area contributed by atoms with Crippen LogP contribution < -0.4 is 14.8 Å². The average molecular weight is 330 g/mol. The second-order valence-corrected chi connectivity index (χ2v) is 7.99. The van der Waals surface area contributed by atoms with Gasteiger partial charge in [-0.3, -0.25) is 4.79 Å². The van der Waals surface area contributed by atoms with Crippen LogP contribution in [0.1, 0.15) is 27.2 Å². The number of anilines is 1. The van der Waals surface area contributed by atoms with Crippen molar-refractivity contribution in [2.24, 2.45) is 0 Å². The van der Waals surface area contributed by atoms with E-state index in [2.05, 4.69) is 26.1 Å². The molecule has 1 N–H and O–H groups in total. The third-order valence-electron chi connectivity index (χ3n) is 2.75. The highest BCUT2D eigenvalue weighted by atomic mass is 35.5. The van der Waals surface area contributed by atoms with Crippen LogP contribution in [0.5, 0.6) is 11.5 Å². The molecule has 1 aromatic carbocycles. The molecule has 0 saturated carbocycles. The molecule has 0 spiro atoms. The topological polar surface area (TPSA) is 47.6 Å². The minimum Gasteiger partial charge on any atom is -0.490 e. The molecule has 21 heavy (non-hydrogen) atoms. The van der Waals surface area contributed by atoms with E-state index in [1.54, 1.807) is 23.9 Å². The summed E-state index contributed by atoms with van der Waals surface area (Å²) in [5, 5.41) is 3.28. The molecule has 0 aliphatic carbocycles. The van der Waals surface area contributed by atoms with E-state index in [0.717, 1.165) is 6.42 Å². The summed E-state index contributed by atoms with van der Waals surface area (Å²) in [6.07, 6.45) is 0.830. The molecule has 6 heteroatoms. The van der Waals surface area contributed by atoms with Crippen LogP contribution in [0.25, 0.3) is 0 Å². The second-order valence-electron chi connectivity index (χ2n) is 5.78. The summed E-state index contributed by atoms with van der Waals surface area (Å²) in [5.74, 6) is 1.55. The largest absolute Gasteiger partial charge is 0.490 e. The van der Waals surface area contributed by atoms with E-state index in [1.165, 1.54) is 0 Å². The summed E-state index contributed by atoms with van der Waals surface area (Å²) in [5.41, 5.74) is 0.556. The Hall–Kier alpha value is -1.07. The van der Waals surface area contributed by atoms with Gasteiger partial charge in [-0.15, -0.1) is 11.8 Å². The Morgan fingerprint density at radius 1 is 1.29 bits per heavy atom. The first-order chi connectivity index (χ1) is 9.85. The number of halogens is 1. The predicted octanol–water partition coefficient (Wildman–Crippen LogP) is 3.97. The van der Waals surface area contributed by atoms with Crippen molar-refractivity contribution in [3.05, 3.63) is 17.2 Å². The number of nitrogens with one attached hydrogen (secondary N) is 1. The Bertz CT molecular complexity index is 528. The minimum absolute atomic E-state index is 0.0475. The third-order valence-corrected chi connectivity index (χ3v) is 4.33. The van der Waals surface area contributed by atoms with Gasteiger partial charge in [-0.2, -0.15) is 0 Å². The first-order valence-electron chi connectivity index (χ1n) is 6.88. The predicted molar refractivity (Wildman–Crippen MR) is 87.9 cm³/mol. The number of amides is 1. The zero-order chi connectivity index (χ0) is 15.5. The van der Waals surface area contributed by atoms with Crippen molar-refractivity contribution in [1.82, 2.24) is 0 Å². The maximum atomic E-state index is 12.0. The van der Waals surface area contributed by atoms with Gasteiger partial charge < -0.3 is 14.8 Å². The van der Waals surface area contributed by atoms with Crippen LogP contribution >= 0.6 is 23.4 Å². The minimum atomic E-state index is -0.0775. The quantitative estimate of drug-likeness (QED) is 0.911. The van der Waals surface area contributed by atoms with Crippen molar-refractivity contribution in [3.8, 4) is 11.5 Å². The number of rotatable bonds is 3. The molecule has 0 fully saturated rings. The Kier molecular flexibility index (Phi) is 5.27. The molecule has 4 nitrogen and oxygen atoms in total. The highest BCUT2D eigenvalue weighted by Gasteiger charge is 2.17. The highest BCUT2D eigenvalue weighted by Crippen LogP contribution is 2.37. The van der Waals surface area contributed by atoms with Gasteiger partial charge in [0.25, 0.3) is 0 Å². The summed E-state index contributed by atoms with van der Waals surface area (Å²) in [4.78, 5) is 12.0. The fourth-order valence-corrected chi connectivity index (χ4v) is 2.59. The Morgan fingerprint density at radius 2 is 1.90 bits per heavy atom. The first kappa shape index (κ1) is 16.3. The van der Waals surface area contributed by atoms with Crippen molar-refractivity contribution in [3.63, 3.8) is 0 Å². The van der Waals surface area contributed by atoms with Crippen LogP contribution in [0, 0.1) is 0 Å². The number of benzene rings is 1. The van der Waals surface area contributed by atoms with E-state index in [-0.39, 0.29) is 10.7 Å². The van der Waals surface area contributed by atoms with E-state index >= 15 is 0 Å². The van der Waals surface area contributed by atoms with Crippen molar-refractivity contribution in [2.75, 3.05) is 24.3 Å². The maximum Gasteiger partial charge on any atom is 0.234 e. The summed E-state index contributed by atoms with van der Waals surface area (Å²) in [7, 11) is 0. The second kappa shape index (κ2) is 6.79. The molecule has 1 amide bonds. The van der Waals surface area contributed by atoms with Gasteiger partial charge in [-0.05, 0) is 0 Å². The number of hydrogen-bond acceptors (Lipinski definition) is 4. The molecule has 0 aromatic heterocycles. The van der Waals surface area contributed by atoms with Crippen molar-refractivity contribution in [1.29, 1.82) is 0 Å². The van der Waals surface area contributed by atoms with E-state index in [0.29, 0.717) is 41.2 Å². The smallest absolute Gasteiger partial charge is 0.234 e. The zero-order valence-corrected chi connectivity index (χ0v) is 14.1. The number of thioether (sulfide) groups is 1. The van der Waals surface area contributed by atoms with E-state index in [9.17, 15) is 4.79 Å². The number of fused-ring (bicyclic) bond motifs is 1. The lowest BCUT2D eigenvalue weighted by Crippen LogP contribution is -2.19. The van der Waals surface area contributed by atoms with Crippen molar-refractivity contribution >= 4 is 35.0 Å². The van der Waals surface area contributed by atoms with Gasteiger partial charge in [0.1, 0.15) is 0 Å². The number of carbonyl (C=O) groups excluding carboxylic acids is 1. The molecular weight excluding hydrogens is 310 g/mol. The van der Waals surface area contributed by atoms with Crippen LogP contribution in [-0.4, -0.2) is 29.6 Å². The number of carbonyl (C=O) groups is 1. The molecule has 0 saturated heterocycles. The summed E-state index contributed by atoms with van der Waals surface area (Å²) in [6, 6.07) is 3.41. The monoisotopic (exact) mass is 329 g/mol. The lowest BCUT2D eigenvalue weighted by molar-refractivity contribution is -0.113. The zero-order valence-electron chi connectivity index (χ0n) is 12.5. The average Bonchev–Trinajstić information content (AvgIpc) is 2.61. The van der Waals surface area contributed by atoms with E-state index < -0.39 is 0 Å². The fourth-order valence-electron chi connectivity index (χ4n) is 1.75. The molecule has 1 aromatic rings. The molecule has 1 heterocycles. The Labute approximate surface area is 134 Å². The van der Waals surface area contributed by atoms with Crippen molar-refractivity contribution in [2.45, 2.75) is 31.9 Å². The molecule has 0 bridgehead atoms. The van der Waals surface area contributed by atoms with Gasteiger partial charge in [0, 0.05) is 23.3 Å². The number of hydrogen-bond donors (Lipinski definition) is 1. The van der Waals surface area contributed by atoms with Gasteiger partial charge in [-0.25, -0.2) is 0 Å². The molecule has 0 unspecified atom stereocenters. The molecule has 2 rings (SSSR count). The lowest BCUT2D eigenvalue weighted by Gasteiger charge is -2.17. The van der Waals surface area contributed by atoms with Crippen LogP contribution in [-0.2, 0) is 4.79 Å². The summed E-state index contributed by atoms with van der Waals surface area (Å²) < 4.78 is 11.2. The molecule has 0 radical (unpaired) electrons. The van der Waals surface area contributed by atoms with Crippen LogP contribution in [0.15, 0.2) is 12.1 Å². The molecular formula is C15H20ClNO3S. The maximum absolute atomic E-state index is 12.0. The normalized spacial score (nSPS) is 14.5. The van der Waals surface area contributed by atoms with Gasteiger partial charge in [-0.1, -0.05) is 32.4 Å². The SMILES string of the molecule is CC(C)(C)SCC(=O)Nc1cc2c(cc1Cl)OCCCO2. The molecule has 0 atom stereocenters. The fraction of sp³-hybridized carbons (Fsp3) is 0.533. The first-order valence-corrected chi connectivity index (χ1v) is 8.24. The van der Waals surface area contributed by atoms with Crippen LogP contribution in [0.4, 0.5) is 5.69 Å². The van der Waals surface area contributed by atoms with E-state index in [4.69, 9.17) is 21.1 Å². The molecule has 1 aliphatic rings. The van der Waals surface area contributed by atoms with E-state index in [1.807, 2.05) is 0 Å². The van der Waals surface area contributed by atoms with Crippen molar-refractivity contribution < 1.29 is 14.3 Å². The standard InChI is InChI=1S/C15H20ClNO3S/c1-15(2,3)21-9-14(18)17-11-8-13-12(7-10(11)16)19-5-4-6-20-13/h7-8H,4-6,9H2,1-3H3,(H,17,18). The van der Waals surface area contributed by atoms with Gasteiger partial charge in [0.15, 0.2) is 11.5 Å².